The fourth-order valence-electron chi connectivity index (χ4n) is 8.25. The lowest BCUT2D eigenvalue weighted by atomic mass is 9.90. The van der Waals surface area contributed by atoms with E-state index in [4.69, 9.17) is 0 Å². The molecule has 0 saturated heterocycles. The van der Waals surface area contributed by atoms with Gasteiger partial charge in [0.2, 0.25) is 0 Å². The molecule has 280 valence electrons. The van der Waals surface area contributed by atoms with E-state index in [0.717, 1.165) is 89.0 Å². The van der Waals surface area contributed by atoms with Crippen LogP contribution in [0.1, 0.15) is 0 Å². The average molecular weight is 757 g/mol. The number of hydrogen-bond acceptors (Lipinski definition) is 3. The number of para-hydroxylation sites is 4. The molecule has 0 aliphatic heterocycles. The molecule has 59 heavy (non-hydrogen) atoms. The largest absolute Gasteiger partial charge is 0.507 e. The molecule has 10 rings (SSSR count). The maximum Gasteiger partial charge on any atom is 0.124 e. The highest BCUT2D eigenvalue weighted by Gasteiger charge is 2.17. The van der Waals surface area contributed by atoms with E-state index >= 15 is 0 Å². The number of phenols is 1. The van der Waals surface area contributed by atoms with Gasteiger partial charge in [-0.2, -0.15) is 0 Å². The molecule has 0 spiro atoms. The van der Waals surface area contributed by atoms with Gasteiger partial charge in [-0.1, -0.05) is 146 Å². The fourth-order valence-corrected chi connectivity index (χ4v) is 8.25. The highest BCUT2D eigenvalue weighted by atomic mass is 16.3. The van der Waals surface area contributed by atoms with Crippen LogP contribution in [-0.2, 0) is 0 Å². The number of phenolic OH excluding ortho intramolecular Hbond substituents is 1. The van der Waals surface area contributed by atoms with Crippen LogP contribution in [0.2, 0.25) is 0 Å². The average Bonchev–Trinajstić information content (AvgIpc) is 3.31. The monoisotopic (exact) mass is 756 g/mol. The van der Waals surface area contributed by atoms with Gasteiger partial charge in [0, 0.05) is 39.7 Å². The Morgan fingerprint density at radius 3 is 1.07 bits per heavy atom. The number of benzene rings is 10. The van der Waals surface area contributed by atoms with E-state index in [0.29, 0.717) is 0 Å². The van der Waals surface area contributed by atoms with Crippen molar-refractivity contribution in [2.24, 2.45) is 0 Å². The van der Waals surface area contributed by atoms with E-state index in [9.17, 15) is 5.11 Å². The van der Waals surface area contributed by atoms with Crippen LogP contribution in [0.5, 0.6) is 5.75 Å². The Balaban J connectivity index is 1.02. The number of fused-ring (bicyclic) bond motifs is 2. The first-order valence-corrected chi connectivity index (χ1v) is 20.0. The van der Waals surface area contributed by atoms with Gasteiger partial charge in [0.15, 0.2) is 0 Å². The zero-order chi connectivity index (χ0) is 39.5. The third-order valence-corrected chi connectivity index (χ3v) is 11.1. The lowest BCUT2D eigenvalue weighted by molar-refractivity contribution is 0.478. The van der Waals surface area contributed by atoms with Crippen molar-refractivity contribution >= 4 is 55.7 Å². The number of rotatable bonds is 9. The van der Waals surface area contributed by atoms with Crippen LogP contribution in [0.25, 0.3) is 54.9 Å². The smallest absolute Gasteiger partial charge is 0.124 e. The lowest BCUT2D eigenvalue weighted by Gasteiger charge is -2.25. The van der Waals surface area contributed by atoms with Crippen LogP contribution in [0.15, 0.2) is 237 Å². The summed E-state index contributed by atoms with van der Waals surface area (Å²) < 4.78 is 0. The van der Waals surface area contributed by atoms with E-state index in [2.05, 4.69) is 210 Å². The molecule has 0 unspecified atom stereocenters. The minimum Gasteiger partial charge on any atom is -0.507 e. The second kappa shape index (κ2) is 15.6. The molecule has 0 fully saturated rings. The van der Waals surface area contributed by atoms with Gasteiger partial charge in [0.1, 0.15) is 5.75 Å². The molecule has 0 heterocycles. The Labute approximate surface area is 345 Å². The summed E-state index contributed by atoms with van der Waals surface area (Å²) >= 11 is 0. The van der Waals surface area contributed by atoms with Crippen molar-refractivity contribution in [2.75, 3.05) is 9.80 Å². The van der Waals surface area contributed by atoms with E-state index in [1.807, 2.05) is 36.4 Å². The molecule has 10 aromatic carbocycles. The first kappa shape index (κ1) is 35.5. The second-order valence-corrected chi connectivity index (χ2v) is 14.7. The first-order valence-electron chi connectivity index (χ1n) is 20.0. The second-order valence-electron chi connectivity index (χ2n) is 14.7. The van der Waals surface area contributed by atoms with Gasteiger partial charge in [-0.15, -0.1) is 0 Å². The summed E-state index contributed by atoms with van der Waals surface area (Å²) in [4.78, 5) is 4.55. The highest BCUT2D eigenvalue weighted by Crippen LogP contribution is 2.43. The van der Waals surface area contributed by atoms with Crippen LogP contribution in [-0.4, -0.2) is 5.11 Å². The SMILES string of the molecule is Oc1ccc2ccc(-c3ccc(N(c4ccccc4)c4ccccc4)cc3)cc2c1-c1cccc2ccc(-c3ccc(N(c4ccccc4)c4ccccc4)cc3)cc12. The van der Waals surface area contributed by atoms with Crippen LogP contribution in [0, 0.1) is 0 Å². The van der Waals surface area contributed by atoms with Gasteiger partial charge in [-0.05, 0) is 140 Å². The first-order chi connectivity index (χ1) is 29.2. The molecular formula is C56H40N2O. The zero-order valence-corrected chi connectivity index (χ0v) is 32.4. The number of hydrogen-bond donors (Lipinski definition) is 1. The van der Waals surface area contributed by atoms with E-state index in [1.165, 1.54) is 0 Å². The molecule has 0 atom stereocenters. The zero-order valence-electron chi connectivity index (χ0n) is 32.4. The third-order valence-electron chi connectivity index (χ3n) is 11.1. The summed E-state index contributed by atoms with van der Waals surface area (Å²) in [6, 6.07) is 82.8. The molecule has 0 aromatic heterocycles. The Morgan fingerprint density at radius 1 is 0.271 bits per heavy atom. The van der Waals surface area contributed by atoms with Crippen molar-refractivity contribution in [3.05, 3.63) is 237 Å². The Kier molecular flexibility index (Phi) is 9.38. The molecule has 0 amide bonds. The minimum absolute atomic E-state index is 0.260. The molecule has 1 N–H and O–H groups in total. The lowest BCUT2D eigenvalue weighted by Crippen LogP contribution is -2.09. The minimum atomic E-state index is 0.260. The standard InChI is InChI=1S/C56H40N2O/c59-55-37-32-43-25-27-45(41-30-35-51(36-31-41)58(48-19-9-3-10-20-48)49-21-11-4-12-22-49)39-54(43)56(55)52-23-13-14-42-24-26-44(38-53(42)52)40-28-33-50(34-29-40)57(46-15-5-1-6-16-46)47-17-7-2-8-18-47/h1-39,59H. The topological polar surface area (TPSA) is 26.7 Å². The van der Waals surface area contributed by atoms with Gasteiger partial charge in [-0.25, -0.2) is 0 Å². The predicted molar refractivity (Wildman–Crippen MR) is 249 cm³/mol. The van der Waals surface area contributed by atoms with Crippen molar-refractivity contribution in [3.63, 3.8) is 0 Å². The van der Waals surface area contributed by atoms with Crippen LogP contribution in [0.3, 0.4) is 0 Å². The van der Waals surface area contributed by atoms with Crippen LogP contribution < -0.4 is 9.80 Å². The predicted octanol–water partition coefficient (Wildman–Crippen LogP) is 15.6. The maximum absolute atomic E-state index is 11.6. The van der Waals surface area contributed by atoms with Crippen molar-refractivity contribution in [1.82, 2.24) is 0 Å². The number of anilines is 6. The third kappa shape index (κ3) is 6.96. The summed E-state index contributed by atoms with van der Waals surface area (Å²) in [5.74, 6) is 0.260. The highest BCUT2D eigenvalue weighted by molar-refractivity contribution is 6.09. The fraction of sp³-hybridized carbons (Fsp3) is 0. The number of aromatic hydroxyl groups is 1. The quantitative estimate of drug-likeness (QED) is 0.159. The van der Waals surface area contributed by atoms with Crippen molar-refractivity contribution in [1.29, 1.82) is 0 Å². The van der Waals surface area contributed by atoms with E-state index in [-0.39, 0.29) is 5.75 Å². The summed E-state index contributed by atoms with van der Waals surface area (Å²) in [6.45, 7) is 0. The van der Waals surface area contributed by atoms with Gasteiger partial charge in [-0.3, -0.25) is 0 Å². The number of nitrogens with zero attached hydrogens (tertiary/aromatic N) is 2. The van der Waals surface area contributed by atoms with Gasteiger partial charge < -0.3 is 14.9 Å². The normalized spacial score (nSPS) is 11.1. The Hall–Kier alpha value is -7.88. The molecular weight excluding hydrogens is 717 g/mol. The van der Waals surface area contributed by atoms with Crippen LogP contribution in [0.4, 0.5) is 34.1 Å². The van der Waals surface area contributed by atoms with Gasteiger partial charge >= 0.3 is 0 Å². The Morgan fingerprint density at radius 2 is 0.627 bits per heavy atom. The molecule has 3 nitrogen and oxygen atoms in total. The van der Waals surface area contributed by atoms with Crippen molar-refractivity contribution in [2.45, 2.75) is 0 Å². The molecule has 0 bridgehead atoms. The summed E-state index contributed by atoms with van der Waals surface area (Å²) in [6.07, 6.45) is 0. The van der Waals surface area contributed by atoms with Gasteiger partial charge in [0.25, 0.3) is 0 Å². The molecule has 0 saturated carbocycles. The van der Waals surface area contributed by atoms with E-state index in [1.54, 1.807) is 0 Å². The maximum atomic E-state index is 11.6. The molecule has 0 aliphatic carbocycles. The molecule has 3 heteroatoms. The summed E-state index contributed by atoms with van der Waals surface area (Å²) in [5, 5.41) is 15.9. The summed E-state index contributed by atoms with van der Waals surface area (Å²) in [7, 11) is 0. The molecule has 0 radical (unpaired) electrons. The van der Waals surface area contributed by atoms with Crippen LogP contribution >= 0.6 is 0 Å². The van der Waals surface area contributed by atoms with Crippen molar-refractivity contribution in [3.8, 4) is 39.1 Å². The molecule has 10 aromatic rings. The Bertz CT molecular complexity index is 2940. The molecule has 0 aliphatic rings. The van der Waals surface area contributed by atoms with Crippen molar-refractivity contribution < 1.29 is 5.11 Å². The summed E-state index contributed by atoms with van der Waals surface area (Å²) in [5.41, 5.74) is 12.8. The van der Waals surface area contributed by atoms with Gasteiger partial charge in [0.05, 0.1) is 0 Å². The van der Waals surface area contributed by atoms with E-state index < -0.39 is 0 Å².